The molecule has 0 spiro atoms. The van der Waals surface area contributed by atoms with Crippen molar-refractivity contribution in [2.24, 2.45) is 7.05 Å². The van der Waals surface area contributed by atoms with Crippen molar-refractivity contribution < 1.29 is 17.5 Å². The lowest BCUT2D eigenvalue weighted by Gasteiger charge is -2.12. The zero-order chi connectivity index (χ0) is 21.3. The smallest absolute Gasteiger partial charge is 0.263 e. The number of thiazole rings is 1. The second kappa shape index (κ2) is 7.88. The molecule has 2 heterocycles. The Morgan fingerprint density at radius 1 is 1.13 bits per heavy atom. The van der Waals surface area contributed by atoms with Gasteiger partial charge in [-0.05, 0) is 43.3 Å². The number of aromatic nitrogens is 3. The van der Waals surface area contributed by atoms with Crippen molar-refractivity contribution in [1.82, 2.24) is 14.8 Å². The Morgan fingerprint density at radius 2 is 1.93 bits per heavy atom. The molecule has 0 fully saturated rings. The van der Waals surface area contributed by atoms with Crippen LogP contribution in [0.15, 0.2) is 65.1 Å². The maximum absolute atomic E-state index is 14.7. The lowest BCUT2D eigenvalue weighted by molar-refractivity contribution is 0.442. The van der Waals surface area contributed by atoms with Gasteiger partial charge in [-0.15, -0.1) is 11.3 Å². The Kier molecular flexibility index (Phi) is 5.27. The van der Waals surface area contributed by atoms with Crippen LogP contribution in [0.3, 0.4) is 0 Å². The maximum atomic E-state index is 14.7. The van der Waals surface area contributed by atoms with Gasteiger partial charge in [0, 0.05) is 30.4 Å². The highest BCUT2D eigenvalue weighted by molar-refractivity contribution is 7.93. The first-order chi connectivity index (χ1) is 14.3. The summed E-state index contributed by atoms with van der Waals surface area (Å²) in [4.78, 5) is 3.65. The van der Waals surface area contributed by atoms with Crippen LogP contribution in [0, 0.1) is 12.7 Å². The van der Waals surface area contributed by atoms with E-state index in [4.69, 9.17) is 4.74 Å². The number of benzene rings is 2. The minimum absolute atomic E-state index is 0.0933. The molecule has 0 saturated heterocycles. The molecule has 7 nitrogen and oxygen atoms in total. The van der Waals surface area contributed by atoms with Gasteiger partial charge in [-0.25, -0.2) is 17.8 Å². The van der Waals surface area contributed by atoms with E-state index in [-0.39, 0.29) is 15.8 Å². The quantitative estimate of drug-likeness (QED) is 0.470. The molecule has 0 bridgehead atoms. The highest BCUT2D eigenvalue weighted by Crippen LogP contribution is 2.35. The number of hydrogen-bond donors (Lipinski definition) is 1. The number of halogens is 1. The minimum atomic E-state index is -3.96. The fourth-order valence-electron chi connectivity index (χ4n) is 2.79. The van der Waals surface area contributed by atoms with Crippen LogP contribution in [0.5, 0.6) is 11.5 Å². The largest absolute Gasteiger partial charge is 0.454 e. The number of hydrogen-bond acceptors (Lipinski definition) is 6. The Bertz CT molecular complexity index is 1300. The average molecular weight is 445 g/mol. The Labute approximate surface area is 176 Å². The van der Waals surface area contributed by atoms with E-state index in [0.29, 0.717) is 17.0 Å². The van der Waals surface area contributed by atoms with E-state index in [0.717, 1.165) is 23.0 Å². The summed E-state index contributed by atoms with van der Waals surface area (Å²) in [6.45, 7) is 1.94. The van der Waals surface area contributed by atoms with E-state index in [1.54, 1.807) is 29.4 Å². The number of sulfonamides is 1. The van der Waals surface area contributed by atoms with Gasteiger partial charge in [0.05, 0.1) is 10.6 Å². The van der Waals surface area contributed by atoms with Crippen LogP contribution in [-0.2, 0) is 17.1 Å². The van der Waals surface area contributed by atoms with Gasteiger partial charge in [-0.1, -0.05) is 11.6 Å². The summed E-state index contributed by atoms with van der Waals surface area (Å²) >= 11 is 1.13. The van der Waals surface area contributed by atoms with Crippen LogP contribution in [0.4, 0.5) is 9.52 Å². The first kappa shape index (κ1) is 20.0. The fourth-order valence-corrected chi connectivity index (χ4v) is 4.59. The molecule has 154 valence electrons. The van der Waals surface area contributed by atoms with Crippen molar-refractivity contribution in [3.63, 3.8) is 0 Å². The SMILES string of the molecule is Cc1ccc(Oc2ccc(S(=O)(=O)Nc3nccs3)cc2F)c(-c2ccn(C)n2)c1. The third-order valence-electron chi connectivity index (χ3n) is 4.21. The van der Waals surface area contributed by atoms with Gasteiger partial charge in [0.2, 0.25) is 0 Å². The Balaban J connectivity index is 1.64. The molecule has 2 aromatic heterocycles. The first-order valence-corrected chi connectivity index (χ1v) is 11.2. The van der Waals surface area contributed by atoms with Gasteiger partial charge in [0.1, 0.15) is 5.75 Å². The van der Waals surface area contributed by atoms with Crippen LogP contribution < -0.4 is 9.46 Å². The molecule has 0 atom stereocenters. The molecular formula is C20H17FN4O3S2. The third kappa shape index (κ3) is 4.19. The normalized spacial score (nSPS) is 11.4. The molecule has 0 saturated carbocycles. The van der Waals surface area contributed by atoms with Gasteiger partial charge >= 0.3 is 0 Å². The molecule has 0 radical (unpaired) electrons. The number of nitrogens with one attached hydrogen (secondary N) is 1. The maximum Gasteiger partial charge on any atom is 0.263 e. The van der Waals surface area contributed by atoms with E-state index < -0.39 is 15.8 Å². The Morgan fingerprint density at radius 3 is 2.60 bits per heavy atom. The lowest BCUT2D eigenvalue weighted by Crippen LogP contribution is -2.13. The van der Waals surface area contributed by atoms with Crippen LogP contribution in [0.1, 0.15) is 5.56 Å². The number of aryl methyl sites for hydroxylation is 2. The second-order valence-corrected chi connectivity index (χ2v) is 9.09. The highest BCUT2D eigenvalue weighted by Gasteiger charge is 2.19. The molecule has 10 heteroatoms. The van der Waals surface area contributed by atoms with E-state index in [9.17, 15) is 12.8 Å². The van der Waals surface area contributed by atoms with Crippen molar-refractivity contribution in [2.75, 3.05) is 4.72 Å². The van der Waals surface area contributed by atoms with Crippen molar-refractivity contribution in [1.29, 1.82) is 0 Å². The Hall–Kier alpha value is -3.24. The topological polar surface area (TPSA) is 86.1 Å². The van der Waals surface area contributed by atoms with Gasteiger partial charge < -0.3 is 4.74 Å². The van der Waals surface area contributed by atoms with Crippen LogP contribution in [0.2, 0.25) is 0 Å². The summed E-state index contributed by atoms with van der Waals surface area (Å²) in [7, 11) is -2.16. The summed E-state index contributed by atoms with van der Waals surface area (Å²) in [6, 6.07) is 10.8. The third-order valence-corrected chi connectivity index (χ3v) is 6.37. The molecule has 0 aliphatic rings. The number of rotatable bonds is 6. The summed E-state index contributed by atoms with van der Waals surface area (Å²) in [6.07, 6.45) is 3.28. The van der Waals surface area contributed by atoms with E-state index in [1.165, 1.54) is 18.3 Å². The van der Waals surface area contributed by atoms with Gasteiger partial charge in [-0.3, -0.25) is 9.40 Å². The summed E-state index contributed by atoms with van der Waals surface area (Å²) in [5.74, 6) is -0.483. The molecule has 2 aromatic carbocycles. The molecule has 0 aliphatic heterocycles. The fraction of sp³-hybridized carbons (Fsp3) is 0.100. The van der Waals surface area contributed by atoms with Crippen LogP contribution >= 0.6 is 11.3 Å². The van der Waals surface area contributed by atoms with Crippen molar-refractivity contribution >= 4 is 26.5 Å². The summed E-state index contributed by atoms with van der Waals surface area (Å²) in [5.41, 5.74) is 2.39. The molecule has 0 amide bonds. The van der Waals surface area contributed by atoms with Gasteiger partial charge in [0.15, 0.2) is 16.7 Å². The molecule has 30 heavy (non-hydrogen) atoms. The van der Waals surface area contributed by atoms with E-state index in [2.05, 4.69) is 14.8 Å². The van der Waals surface area contributed by atoms with Crippen molar-refractivity contribution in [2.45, 2.75) is 11.8 Å². The minimum Gasteiger partial charge on any atom is -0.454 e. The molecule has 0 aliphatic carbocycles. The number of nitrogens with zero attached hydrogens (tertiary/aromatic N) is 3. The highest BCUT2D eigenvalue weighted by atomic mass is 32.2. The number of ether oxygens (including phenoxy) is 1. The zero-order valence-corrected chi connectivity index (χ0v) is 17.7. The zero-order valence-electron chi connectivity index (χ0n) is 16.0. The standard InChI is InChI=1S/C20H17FN4O3S2/c1-13-3-5-18(15(11-13)17-7-9-25(2)23-17)28-19-6-4-14(12-16(19)21)30(26,27)24-20-22-8-10-29-20/h3-12H,1-2H3,(H,22,24). The molecule has 4 rings (SSSR count). The summed E-state index contributed by atoms with van der Waals surface area (Å²) in [5, 5.41) is 6.22. The van der Waals surface area contributed by atoms with E-state index >= 15 is 0 Å². The molecule has 0 unspecified atom stereocenters. The molecular weight excluding hydrogens is 427 g/mol. The molecule has 1 N–H and O–H groups in total. The molecule has 4 aromatic rings. The predicted octanol–water partition coefficient (Wildman–Crippen LogP) is 4.58. The van der Waals surface area contributed by atoms with Crippen molar-refractivity contribution in [3.8, 4) is 22.8 Å². The van der Waals surface area contributed by atoms with Gasteiger partial charge in [-0.2, -0.15) is 5.10 Å². The van der Waals surface area contributed by atoms with Gasteiger partial charge in [0.25, 0.3) is 10.0 Å². The predicted molar refractivity (Wildman–Crippen MR) is 113 cm³/mol. The average Bonchev–Trinajstić information content (AvgIpc) is 3.36. The first-order valence-electron chi connectivity index (χ1n) is 8.82. The van der Waals surface area contributed by atoms with E-state index in [1.807, 2.05) is 25.1 Å². The number of anilines is 1. The second-order valence-electron chi connectivity index (χ2n) is 6.51. The lowest BCUT2D eigenvalue weighted by atomic mass is 10.1. The van der Waals surface area contributed by atoms with Crippen molar-refractivity contribution in [3.05, 3.63) is 71.6 Å². The van der Waals surface area contributed by atoms with Crippen LogP contribution in [0.25, 0.3) is 11.3 Å². The van der Waals surface area contributed by atoms with Crippen LogP contribution in [-0.4, -0.2) is 23.2 Å². The summed E-state index contributed by atoms with van der Waals surface area (Å²) < 4.78 is 49.3. The monoisotopic (exact) mass is 444 g/mol.